The third-order valence-electron chi connectivity index (χ3n) is 4.76. The number of hydrogen-bond acceptors (Lipinski definition) is 5. The van der Waals surface area contributed by atoms with Gasteiger partial charge in [-0.25, -0.2) is 4.98 Å². The molecule has 1 saturated carbocycles. The average Bonchev–Trinajstić information content (AvgIpc) is 3.17. The van der Waals surface area contributed by atoms with Gasteiger partial charge in [0.05, 0.1) is 5.69 Å². The molecule has 4 nitrogen and oxygen atoms in total. The Morgan fingerprint density at radius 1 is 1.24 bits per heavy atom. The molecule has 1 aromatic heterocycles. The van der Waals surface area contributed by atoms with Crippen molar-refractivity contribution in [3.63, 3.8) is 0 Å². The van der Waals surface area contributed by atoms with Gasteiger partial charge in [0, 0.05) is 50.7 Å². The van der Waals surface area contributed by atoms with Gasteiger partial charge in [-0.2, -0.15) is 0 Å². The molecule has 5 heteroatoms. The number of nitrogens with one attached hydrogen (secondary N) is 1. The number of hydrogen-bond donors (Lipinski definition) is 1. The molecule has 2 aliphatic rings. The van der Waals surface area contributed by atoms with Crippen LogP contribution in [-0.2, 0) is 13.1 Å². The van der Waals surface area contributed by atoms with Crippen LogP contribution in [0.5, 0.6) is 0 Å². The van der Waals surface area contributed by atoms with Crippen molar-refractivity contribution in [2.24, 2.45) is 0 Å². The van der Waals surface area contributed by atoms with Crippen molar-refractivity contribution < 1.29 is 0 Å². The summed E-state index contributed by atoms with van der Waals surface area (Å²) in [5.74, 6) is 0. The van der Waals surface area contributed by atoms with Crippen LogP contribution >= 0.6 is 11.3 Å². The summed E-state index contributed by atoms with van der Waals surface area (Å²) >= 11 is 1.79. The second kappa shape index (κ2) is 7.68. The van der Waals surface area contributed by atoms with E-state index in [1.54, 1.807) is 11.3 Å². The van der Waals surface area contributed by atoms with Gasteiger partial charge in [-0.1, -0.05) is 19.8 Å². The summed E-state index contributed by atoms with van der Waals surface area (Å²) in [5.41, 5.74) is 1.25. The van der Waals surface area contributed by atoms with Crippen LogP contribution < -0.4 is 5.32 Å². The smallest absolute Gasteiger partial charge is 0.107 e. The monoisotopic (exact) mass is 308 g/mol. The van der Waals surface area contributed by atoms with E-state index in [1.165, 1.54) is 62.6 Å². The number of thiazole rings is 1. The predicted octanol–water partition coefficient (Wildman–Crippen LogP) is 2.31. The molecule has 0 unspecified atom stereocenters. The zero-order chi connectivity index (χ0) is 14.5. The molecule has 0 aromatic carbocycles. The molecule has 0 amide bonds. The van der Waals surface area contributed by atoms with Crippen LogP contribution in [0, 0.1) is 0 Å². The highest BCUT2D eigenvalue weighted by molar-refractivity contribution is 7.09. The van der Waals surface area contributed by atoms with Gasteiger partial charge in [-0.15, -0.1) is 11.3 Å². The quantitative estimate of drug-likeness (QED) is 0.874. The summed E-state index contributed by atoms with van der Waals surface area (Å²) in [4.78, 5) is 10.0. The molecule has 2 heterocycles. The fourth-order valence-electron chi connectivity index (χ4n) is 3.52. The van der Waals surface area contributed by atoms with Crippen molar-refractivity contribution in [1.82, 2.24) is 20.1 Å². The van der Waals surface area contributed by atoms with Gasteiger partial charge in [0.1, 0.15) is 5.01 Å². The highest BCUT2D eigenvalue weighted by atomic mass is 32.1. The Balaban J connectivity index is 1.43. The molecule has 1 saturated heterocycles. The van der Waals surface area contributed by atoms with E-state index >= 15 is 0 Å². The van der Waals surface area contributed by atoms with Gasteiger partial charge in [-0.3, -0.25) is 9.80 Å². The summed E-state index contributed by atoms with van der Waals surface area (Å²) in [7, 11) is 0. The lowest BCUT2D eigenvalue weighted by molar-refractivity contribution is 0.0930. The van der Waals surface area contributed by atoms with Gasteiger partial charge >= 0.3 is 0 Å². The molecule has 0 spiro atoms. The minimum absolute atomic E-state index is 0.887. The zero-order valence-corrected chi connectivity index (χ0v) is 14.0. The van der Waals surface area contributed by atoms with Gasteiger partial charge < -0.3 is 5.32 Å². The third kappa shape index (κ3) is 4.25. The van der Waals surface area contributed by atoms with Crippen molar-refractivity contribution >= 4 is 11.3 Å². The Morgan fingerprint density at radius 2 is 2.00 bits per heavy atom. The zero-order valence-electron chi connectivity index (χ0n) is 13.2. The molecule has 1 aromatic rings. The van der Waals surface area contributed by atoms with Crippen molar-refractivity contribution in [3.8, 4) is 0 Å². The molecular formula is C16H28N4S. The minimum Gasteiger partial charge on any atom is -0.311 e. The number of nitrogens with zero attached hydrogens (tertiary/aromatic N) is 3. The second-order valence-electron chi connectivity index (χ2n) is 6.26. The second-order valence-corrected chi connectivity index (χ2v) is 7.21. The summed E-state index contributed by atoms with van der Waals surface area (Å²) in [6.07, 6.45) is 5.75. The standard InChI is InChI=1S/C16H28N4S/c1-2-17-11-16-18-14(13-21-16)12-19-7-9-20(10-8-19)15-5-3-4-6-15/h13,15,17H,2-12H2,1H3. The average molecular weight is 308 g/mol. The molecule has 3 rings (SSSR count). The van der Waals surface area contributed by atoms with E-state index in [1.807, 2.05) is 0 Å². The van der Waals surface area contributed by atoms with Crippen molar-refractivity contribution in [2.45, 2.75) is 51.7 Å². The Bertz CT molecular complexity index is 420. The van der Waals surface area contributed by atoms with Gasteiger partial charge in [0.2, 0.25) is 0 Å². The first-order chi connectivity index (χ1) is 10.3. The van der Waals surface area contributed by atoms with E-state index in [0.29, 0.717) is 0 Å². The fraction of sp³-hybridized carbons (Fsp3) is 0.812. The number of piperazine rings is 1. The number of aromatic nitrogens is 1. The first-order valence-corrected chi connectivity index (χ1v) is 9.33. The maximum Gasteiger partial charge on any atom is 0.107 e. The maximum atomic E-state index is 4.74. The van der Waals surface area contributed by atoms with Gasteiger partial charge in [0.25, 0.3) is 0 Å². The van der Waals surface area contributed by atoms with Crippen molar-refractivity contribution in [1.29, 1.82) is 0 Å². The summed E-state index contributed by atoms with van der Waals surface area (Å²) in [5, 5.41) is 6.80. The van der Waals surface area contributed by atoms with E-state index in [2.05, 4.69) is 27.4 Å². The van der Waals surface area contributed by atoms with Crippen LogP contribution in [0.25, 0.3) is 0 Å². The molecule has 21 heavy (non-hydrogen) atoms. The Hall–Kier alpha value is -0.490. The normalized spacial score (nSPS) is 22.1. The first-order valence-electron chi connectivity index (χ1n) is 8.45. The largest absolute Gasteiger partial charge is 0.311 e. The van der Waals surface area contributed by atoms with E-state index in [9.17, 15) is 0 Å². The van der Waals surface area contributed by atoms with E-state index in [-0.39, 0.29) is 0 Å². The van der Waals surface area contributed by atoms with Gasteiger partial charge in [0.15, 0.2) is 0 Å². The molecule has 2 fully saturated rings. The molecule has 0 bridgehead atoms. The maximum absolute atomic E-state index is 4.74. The predicted molar refractivity (Wildman–Crippen MR) is 88.6 cm³/mol. The lowest BCUT2D eigenvalue weighted by Crippen LogP contribution is -2.49. The van der Waals surface area contributed by atoms with Crippen molar-refractivity contribution in [3.05, 3.63) is 16.1 Å². The van der Waals surface area contributed by atoms with E-state index in [4.69, 9.17) is 4.98 Å². The van der Waals surface area contributed by atoms with Crippen LogP contribution in [0.3, 0.4) is 0 Å². The molecule has 118 valence electrons. The van der Waals surface area contributed by atoms with E-state index < -0.39 is 0 Å². The molecule has 1 aliphatic heterocycles. The highest BCUT2D eigenvalue weighted by Gasteiger charge is 2.26. The van der Waals surface area contributed by atoms with Gasteiger partial charge in [-0.05, 0) is 19.4 Å². The first kappa shape index (κ1) is 15.4. The van der Waals surface area contributed by atoms with Crippen LogP contribution in [0.1, 0.15) is 43.3 Å². The van der Waals surface area contributed by atoms with Crippen LogP contribution in [0.4, 0.5) is 0 Å². The van der Waals surface area contributed by atoms with E-state index in [0.717, 1.165) is 25.7 Å². The van der Waals surface area contributed by atoms with Crippen molar-refractivity contribution in [2.75, 3.05) is 32.7 Å². The summed E-state index contributed by atoms with van der Waals surface area (Å²) in [6, 6.07) is 0.887. The molecule has 0 atom stereocenters. The Morgan fingerprint density at radius 3 is 2.71 bits per heavy atom. The molecule has 1 N–H and O–H groups in total. The minimum atomic E-state index is 0.887. The fourth-order valence-corrected chi connectivity index (χ4v) is 4.27. The SMILES string of the molecule is CCNCc1nc(CN2CCN(C3CCCC3)CC2)cs1. The Kier molecular flexibility index (Phi) is 5.63. The third-order valence-corrected chi connectivity index (χ3v) is 5.66. The lowest BCUT2D eigenvalue weighted by atomic mass is 10.2. The molecule has 1 aliphatic carbocycles. The lowest BCUT2D eigenvalue weighted by Gasteiger charge is -2.37. The van der Waals surface area contributed by atoms with Crippen LogP contribution in [0.2, 0.25) is 0 Å². The van der Waals surface area contributed by atoms with Crippen LogP contribution in [-0.4, -0.2) is 53.5 Å². The molecular weight excluding hydrogens is 280 g/mol. The molecule has 0 radical (unpaired) electrons. The van der Waals surface area contributed by atoms with Crippen LogP contribution in [0.15, 0.2) is 5.38 Å². The number of rotatable bonds is 6. The topological polar surface area (TPSA) is 31.4 Å². The highest BCUT2D eigenvalue weighted by Crippen LogP contribution is 2.24. The summed E-state index contributed by atoms with van der Waals surface area (Å²) in [6.45, 7) is 10.00. The Labute approximate surface area is 132 Å². The summed E-state index contributed by atoms with van der Waals surface area (Å²) < 4.78 is 0.